The molecular formula is C16H26N4O. The van der Waals surface area contributed by atoms with E-state index in [2.05, 4.69) is 29.2 Å². The minimum Gasteiger partial charge on any atom is -0.324 e. The second-order valence-corrected chi connectivity index (χ2v) is 6.31. The number of carbonyl (C=O) groups excluding carboxylic acids is 1. The molecule has 0 spiro atoms. The van der Waals surface area contributed by atoms with Gasteiger partial charge in [0.25, 0.3) is 0 Å². The summed E-state index contributed by atoms with van der Waals surface area (Å²) < 4.78 is 0. The molecule has 1 N–H and O–H groups in total. The maximum Gasteiger partial charge on any atom is 0.323 e. The molecule has 2 amide bonds. The van der Waals surface area contributed by atoms with Crippen LogP contribution >= 0.6 is 0 Å². The van der Waals surface area contributed by atoms with Crippen molar-refractivity contribution in [2.24, 2.45) is 5.92 Å². The summed E-state index contributed by atoms with van der Waals surface area (Å²) in [6.07, 6.45) is 1.02. The van der Waals surface area contributed by atoms with Crippen LogP contribution in [0.15, 0.2) is 12.1 Å². The van der Waals surface area contributed by atoms with Crippen LogP contribution in [0.4, 0.5) is 10.6 Å². The molecule has 1 fully saturated rings. The van der Waals surface area contributed by atoms with Crippen LogP contribution in [0, 0.1) is 19.8 Å². The summed E-state index contributed by atoms with van der Waals surface area (Å²) in [5.74, 6) is 1.11. The van der Waals surface area contributed by atoms with Gasteiger partial charge in [-0.1, -0.05) is 6.92 Å². The molecule has 2 atom stereocenters. The zero-order chi connectivity index (χ0) is 15.6. The minimum atomic E-state index is -0.0751. The molecule has 1 aromatic rings. The van der Waals surface area contributed by atoms with Crippen molar-refractivity contribution in [3.05, 3.63) is 23.4 Å². The van der Waals surface area contributed by atoms with Gasteiger partial charge in [0.15, 0.2) is 0 Å². The fourth-order valence-corrected chi connectivity index (χ4v) is 3.17. The quantitative estimate of drug-likeness (QED) is 0.910. The van der Waals surface area contributed by atoms with E-state index in [0.29, 0.717) is 11.7 Å². The van der Waals surface area contributed by atoms with Crippen molar-refractivity contribution >= 4 is 11.8 Å². The highest BCUT2D eigenvalue weighted by atomic mass is 16.2. The van der Waals surface area contributed by atoms with Crippen LogP contribution in [0.1, 0.15) is 24.6 Å². The molecule has 21 heavy (non-hydrogen) atoms. The second kappa shape index (κ2) is 6.43. The predicted molar refractivity (Wildman–Crippen MR) is 85.6 cm³/mol. The van der Waals surface area contributed by atoms with E-state index in [-0.39, 0.29) is 12.1 Å². The third kappa shape index (κ3) is 3.94. The molecule has 0 unspecified atom stereocenters. The van der Waals surface area contributed by atoms with Crippen LogP contribution in [-0.4, -0.2) is 54.0 Å². The van der Waals surface area contributed by atoms with Crippen molar-refractivity contribution in [3.63, 3.8) is 0 Å². The van der Waals surface area contributed by atoms with E-state index in [1.807, 2.05) is 37.9 Å². The lowest BCUT2D eigenvalue weighted by atomic mass is 9.93. The Bertz CT molecular complexity index is 497. The van der Waals surface area contributed by atoms with E-state index in [1.165, 1.54) is 0 Å². The summed E-state index contributed by atoms with van der Waals surface area (Å²) in [4.78, 5) is 20.9. The number of hydrogen-bond acceptors (Lipinski definition) is 3. The van der Waals surface area contributed by atoms with Crippen molar-refractivity contribution in [3.8, 4) is 0 Å². The molecule has 0 aliphatic carbocycles. The largest absolute Gasteiger partial charge is 0.324 e. The van der Waals surface area contributed by atoms with Gasteiger partial charge in [-0.3, -0.25) is 5.32 Å². The van der Waals surface area contributed by atoms with E-state index in [1.54, 1.807) is 0 Å². The van der Waals surface area contributed by atoms with Crippen molar-refractivity contribution < 1.29 is 4.79 Å². The van der Waals surface area contributed by atoms with Crippen LogP contribution in [0.3, 0.4) is 0 Å². The number of amides is 2. The molecule has 0 bridgehead atoms. The van der Waals surface area contributed by atoms with E-state index >= 15 is 0 Å². The first-order chi connectivity index (χ1) is 9.86. The molecule has 0 aromatic carbocycles. The van der Waals surface area contributed by atoms with E-state index < -0.39 is 0 Å². The van der Waals surface area contributed by atoms with Gasteiger partial charge in [-0.2, -0.15) is 0 Å². The van der Waals surface area contributed by atoms with Crippen LogP contribution < -0.4 is 5.32 Å². The van der Waals surface area contributed by atoms with Gasteiger partial charge in [-0.15, -0.1) is 0 Å². The molecule has 1 aromatic heterocycles. The van der Waals surface area contributed by atoms with E-state index in [9.17, 15) is 4.79 Å². The van der Waals surface area contributed by atoms with Crippen LogP contribution in [-0.2, 0) is 0 Å². The Hall–Kier alpha value is -1.62. The monoisotopic (exact) mass is 290 g/mol. The van der Waals surface area contributed by atoms with Crippen molar-refractivity contribution in [2.75, 3.05) is 32.5 Å². The topological polar surface area (TPSA) is 48.5 Å². The molecule has 1 aliphatic rings. The number of urea groups is 1. The second-order valence-electron chi connectivity index (χ2n) is 6.31. The molecule has 0 radical (unpaired) electrons. The van der Waals surface area contributed by atoms with E-state index in [0.717, 1.165) is 30.8 Å². The maximum atomic E-state index is 12.4. The average Bonchev–Trinajstić information content (AvgIpc) is 2.36. The molecule has 2 rings (SSSR count). The first-order valence-corrected chi connectivity index (χ1v) is 7.54. The molecule has 116 valence electrons. The molecule has 5 heteroatoms. The van der Waals surface area contributed by atoms with Gasteiger partial charge in [0.1, 0.15) is 5.82 Å². The van der Waals surface area contributed by atoms with Crippen molar-refractivity contribution in [1.82, 2.24) is 14.8 Å². The summed E-state index contributed by atoms with van der Waals surface area (Å²) in [5, 5.41) is 2.91. The predicted octanol–water partition coefficient (Wildman–Crippen LogP) is 2.50. The number of rotatable bonds is 2. The standard InChI is InChI=1S/C16H26N4O/c1-11-8-13(3)17-15(9-11)18-16(21)20(5)14-6-7-19(4)10-12(14)2/h8-9,12,14H,6-7,10H2,1-5H3,(H,17,18,21)/t12-,14+/m1/s1. The van der Waals surface area contributed by atoms with Gasteiger partial charge in [0.05, 0.1) is 0 Å². The summed E-state index contributed by atoms with van der Waals surface area (Å²) in [7, 11) is 4.01. The lowest BCUT2D eigenvalue weighted by Crippen LogP contribution is -2.50. The Balaban J connectivity index is 2.02. The van der Waals surface area contributed by atoms with E-state index in [4.69, 9.17) is 0 Å². The normalized spacial score (nSPS) is 22.9. The number of likely N-dealkylation sites (tertiary alicyclic amines) is 1. The SMILES string of the molecule is Cc1cc(C)nc(NC(=O)N(C)[C@H]2CCN(C)C[C@H]2C)c1. The zero-order valence-electron chi connectivity index (χ0n) is 13.7. The first kappa shape index (κ1) is 15.8. The van der Waals surface area contributed by atoms with Crippen molar-refractivity contribution in [1.29, 1.82) is 0 Å². The Morgan fingerprint density at radius 3 is 2.76 bits per heavy atom. The average molecular weight is 290 g/mol. The van der Waals surface area contributed by atoms with Gasteiger partial charge in [0.2, 0.25) is 0 Å². The number of anilines is 1. The number of nitrogens with zero attached hydrogens (tertiary/aromatic N) is 3. The van der Waals surface area contributed by atoms with Crippen molar-refractivity contribution in [2.45, 2.75) is 33.2 Å². The minimum absolute atomic E-state index is 0.0751. The fraction of sp³-hybridized carbons (Fsp3) is 0.625. The van der Waals surface area contributed by atoms with Gasteiger partial charge in [0, 0.05) is 25.3 Å². The third-order valence-electron chi connectivity index (χ3n) is 4.21. The molecule has 2 heterocycles. The van der Waals surface area contributed by atoms with Gasteiger partial charge < -0.3 is 9.80 Å². The smallest absolute Gasteiger partial charge is 0.323 e. The number of piperidine rings is 1. The Morgan fingerprint density at radius 1 is 1.43 bits per heavy atom. The van der Waals surface area contributed by atoms with Crippen LogP contribution in [0.25, 0.3) is 0 Å². The molecule has 5 nitrogen and oxygen atoms in total. The third-order valence-corrected chi connectivity index (χ3v) is 4.21. The number of hydrogen-bond donors (Lipinski definition) is 1. The highest BCUT2D eigenvalue weighted by Crippen LogP contribution is 2.21. The highest BCUT2D eigenvalue weighted by molar-refractivity contribution is 5.88. The highest BCUT2D eigenvalue weighted by Gasteiger charge is 2.30. The molecule has 0 saturated carbocycles. The lowest BCUT2D eigenvalue weighted by Gasteiger charge is -2.39. The molecule has 1 saturated heterocycles. The van der Waals surface area contributed by atoms with Gasteiger partial charge >= 0.3 is 6.03 Å². The summed E-state index contributed by atoms with van der Waals surface area (Å²) in [5.41, 5.74) is 2.02. The van der Waals surface area contributed by atoms with Crippen LogP contribution in [0.5, 0.6) is 0 Å². The molecule has 1 aliphatic heterocycles. The Kier molecular flexibility index (Phi) is 4.83. The number of pyridine rings is 1. The van der Waals surface area contributed by atoms with Crippen LogP contribution in [0.2, 0.25) is 0 Å². The maximum absolute atomic E-state index is 12.4. The number of aryl methyl sites for hydroxylation is 2. The Morgan fingerprint density at radius 2 is 2.14 bits per heavy atom. The Labute approximate surface area is 127 Å². The van der Waals surface area contributed by atoms with Gasteiger partial charge in [-0.25, -0.2) is 9.78 Å². The lowest BCUT2D eigenvalue weighted by molar-refractivity contribution is 0.113. The zero-order valence-corrected chi connectivity index (χ0v) is 13.7. The van der Waals surface area contributed by atoms with Gasteiger partial charge in [-0.05, 0) is 57.5 Å². The number of aromatic nitrogens is 1. The summed E-state index contributed by atoms with van der Waals surface area (Å²) in [6.45, 7) is 8.22. The summed E-state index contributed by atoms with van der Waals surface area (Å²) in [6, 6.07) is 4.11. The number of carbonyl (C=O) groups is 1. The first-order valence-electron chi connectivity index (χ1n) is 7.54. The number of nitrogens with one attached hydrogen (secondary N) is 1. The summed E-state index contributed by atoms with van der Waals surface area (Å²) >= 11 is 0. The fourth-order valence-electron chi connectivity index (χ4n) is 3.17. The molecular weight excluding hydrogens is 264 g/mol.